The van der Waals surface area contributed by atoms with Gasteiger partial charge in [0, 0.05) is 25.5 Å². The van der Waals surface area contributed by atoms with Gasteiger partial charge in [0.2, 0.25) is 0 Å². The van der Waals surface area contributed by atoms with E-state index in [9.17, 15) is 4.79 Å². The van der Waals surface area contributed by atoms with Gasteiger partial charge in [-0.15, -0.1) is 10.2 Å². The largest absolute Gasteiger partial charge is 0.369 e. The molecule has 0 saturated carbocycles. The zero-order valence-corrected chi connectivity index (χ0v) is 12.0. The highest BCUT2D eigenvalue weighted by atomic mass is 16.1. The van der Waals surface area contributed by atoms with Crippen molar-refractivity contribution in [1.82, 2.24) is 20.5 Å². The number of nitrogens with one attached hydrogen (secondary N) is 2. The first-order chi connectivity index (χ1) is 10.3. The topological polar surface area (TPSA) is 79.8 Å². The van der Waals surface area contributed by atoms with Crippen LogP contribution >= 0.6 is 0 Å². The van der Waals surface area contributed by atoms with Crippen molar-refractivity contribution < 1.29 is 4.79 Å². The van der Waals surface area contributed by atoms with Crippen LogP contribution in [0.15, 0.2) is 36.7 Å². The molecule has 0 atom stereocenters. The predicted octanol–water partition coefficient (Wildman–Crippen LogP) is 2.01. The molecular weight excluding hydrogens is 266 g/mol. The maximum Gasteiger partial charge on any atom is 0.272 e. The van der Waals surface area contributed by atoms with Crippen molar-refractivity contribution in [3.05, 3.63) is 47.9 Å². The zero-order chi connectivity index (χ0) is 14.9. The summed E-state index contributed by atoms with van der Waals surface area (Å²) in [5, 5.41) is 13.9. The minimum absolute atomic E-state index is 0.237. The second kappa shape index (κ2) is 7.94. The Hall–Kier alpha value is -2.50. The van der Waals surface area contributed by atoms with Crippen molar-refractivity contribution >= 4 is 11.7 Å². The second-order valence-corrected chi connectivity index (χ2v) is 4.62. The lowest BCUT2D eigenvalue weighted by Crippen LogP contribution is -2.24. The maximum absolute atomic E-state index is 11.9. The van der Waals surface area contributed by atoms with E-state index in [-0.39, 0.29) is 5.91 Å². The van der Waals surface area contributed by atoms with E-state index in [2.05, 4.69) is 32.7 Å². The lowest BCUT2D eigenvalue weighted by molar-refractivity contribution is 0.0945. The molecule has 0 spiro atoms. The van der Waals surface area contributed by atoms with Gasteiger partial charge in [0.05, 0.1) is 0 Å². The Morgan fingerprint density at radius 3 is 2.62 bits per heavy atom. The molecule has 6 heteroatoms. The van der Waals surface area contributed by atoms with Gasteiger partial charge in [0.1, 0.15) is 5.82 Å². The number of carbonyl (C=O) groups is 1. The number of unbranched alkanes of at least 4 members (excludes halogenated alkanes) is 1. The molecule has 0 fully saturated rings. The van der Waals surface area contributed by atoms with Gasteiger partial charge in [-0.3, -0.25) is 9.78 Å². The highest BCUT2D eigenvalue weighted by Gasteiger charge is 2.07. The molecule has 0 aliphatic rings. The summed E-state index contributed by atoms with van der Waals surface area (Å²) in [7, 11) is 0. The SMILES string of the molecule is CCCCNc1ccc(C(=O)NCc2ccncc2)nn1. The third-order valence-electron chi connectivity index (χ3n) is 2.94. The smallest absolute Gasteiger partial charge is 0.272 e. The Kier molecular flexibility index (Phi) is 5.63. The monoisotopic (exact) mass is 285 g/mol. The third-order valence-corrected chi connectivity index (χ3v) is 2.94. The number of aromatic nitrogens is 3. The molecule has 0 aliphatic heterocycles. The molecule has 2 aromatic rings. The van der Waals surface area contributed by atoms with Crippen molar-refractivity contribution in [3.63, 3.8) is 0 Å². The average Bonchev–Trinajstić information content (AvgIpc) is 2.54. The fraction of sp³-hybridized carbons (Fsp3) is 0.333. The summed E-state index contributed by atoms with van der Waals surface area (Å²) < 4.78 is 0. The van der Waals surface area contributed by atoms with Crippen LogP contribution in [0.1, 0.15) is 35.8 Å². The first-order valence-electron chi connectivity index (χ1n) is 7.04. The molecule has 2 heterocycles. The Morgan fingerprint density at radius 1 is 1.14 bits per heavy atom. The highest BCUT2D eigenvalue weighted by Crippen LogP contribution is 2.03. The van der Waals surface area contributed by atoms with E-state index in [1.54, 1.807) is 24.5 Å². The molecule has 21 heavy (non-hydrogen) atoms. The normalized spacial score (nSPS) is 10.1. The molecule has 0 radical (unpaired) electrons. The summed E-state index contributed by atoms with van der Waals surface area (Å²) in [6.45, 7) is 3.43. The molecule has 110 valence electrons. The van der Waals surface area contributed by atoms with Gasteiger partial charge in [0.15, 0.2) is 5.69 Å². The molecule has 6 nitrogen and oxygen atoms in total. The standard InChI is InChI=1S/C15H19N5O/c1-2-3-8-17-14-5-4-13(19-20-14)15(21)18-11-12-6-9-16-10-7-12/h4-7,9-10H,2-3,8,11H2,1H3,(H,17,20)(H,18,21). The van der Waals surface area contributed by atoms with Crippen LogP contribution in [-0.4, -0.2) is 27.6 Å². The number of carbonyl (C=O) groups excluding carboxylic acids is 1. The minimum atomic E-state index is -0.237. The number of anilines is 1. The van der Waals surface area contributed by atoms with Crippen molar-refractivity contribution in [2.75, 3.05) is 11.9 Å². The fourth-order valence-electron chi connectivity index (χ4n) is 1.71. The minimum Gasteiger partial charge on any atom is -0.369 e. The predicted molar refractivity (Wildman–Crippen MR) is 80.8 cm³/mol. The van der Waals surface area contributed by atoms with E-state index in [0.29, 0.717) is 18.1 Å². The van der Waals surface area contributed by atoms with E-state index >= 15 is 0 Å². The molecule has 0 saturated heterocycles. The van der Waals surface area contributed by atoms with Crippen LogP contribution in [0.5, 0.6) is 0 Å². The van der Waals surface area contributed by atoms with Crippen molar-refractivity contribution in [1.29, 1.82) is 0 Å². The van der Waals surface area contributed by atoms with Crippen LogP contribution in [0, 0.1) is 0 Å². The van der Waals surface area contributed by atoms with Crippen LogP contribution in [0.3, 0.4) is 0 Å². The van der Waals surface area contributed by atoms with E-state index in [1.807, 2.05) is 12.1 Å². The third kappa shape index (κ3) is 4.83. The first-order valence-corrected chi connectivity index (χ1v) is 7.04. The Labute approximate surface area is 124 Å². The summed E-state index contributed by atoms with van der Waals surface area (Å²) in [4.78, 5) is 15.9. The lowest BCUT2D eigenvalue weighted by atomic mass is 10.2. The van der Waals surface area contributed by atoms with Crippen LogP contribution < -0.4 is 10.6 Å². The molecule has 2 rings (SSSR count). The Balaban J connectivity index is 1.85. The summed E-state index contributed by atoms with van der Waals surface area (Å²) in [5.74, 6) is 0.452. The van der Waals surface area contributed by atoms with Gasteiger partial charge in [-0.1, -0.05) is 13.3 Å². The summed E-state index contributed by atoms with van der Waals surface area (Å²) in [5.41, 5.74) is 1.30. The number of rotatable bonds is 7. The van der Waals surface area contributed by atoms with E-state index in [0.717, 1.165) is 24.9 Å². The molecular formula is C15H19N5O. The summed E-state index contributed by atoms with van der Waals surface area (Å²) in [6, 6.07) is 7.15. The molecule has 1 amide bonds. The van der Waals surface area contributed by atoms with Gasteiger partial charge >= 0.3 is 0 Å². The highest BCUT2D eigenvalue weighted by molar-refractivity contribution is 5.92. The number of pyridine rings is 1. The quantitative estimate of drug-likeness (QED) is 0.761. The molecule has 2 N–H and O–H groups in total. The van der Waals surface area contributed by atoms with Gasteiger partial charge in [-0.25, -0.2) is 0 Å². The first kappa shape index (κ1) is 14.9. The zero-order valence-electron chi connectivity index (χ0n) is 12.0. The summed E-state index contributed by atoms with van der Waals surface area (Å²) in [6.07, 6.45) is 5.59. The Morgan fingerprint density at radius 2 is 1.95 bits per heavy atom. The summed E-state index contributed by atoms with van der Waals surface area (Å²) >= 11 is 0. The van der Waals surface area contributed by atoms with E-state index in [1.165, 1.54) is 0 Å². The lowest BCUT2D eigenvalue weighted by Gasteiger charge is -2.06. The van der Waals surface area contributed by atoms with Crippen LogP contribution in [0.4, 0.5) is 5.82 Å². The van der Waals surface area contributed by atoms with Crippen LogP contribution in [0.25, 0.3) is 0 Å². The van der Waals surface area contributed by atoms with Gasteiger partial charge in [-0.05, 0) is 36.2 Å². The van der Waals surface area contributed by atoms with Gasteiger partial charge in [0.25, 0.3) is 5.91 Å². The van der Waals surface area contributed by atoms with Gasteiger partial charge < -0.3 is 10.6 Å². The van der Waals surface area contributed by atoms with E-state index < -0.39 is 0 Å². The average molecular weight is 285 g/mol. The van der Waals surface area contributed by atoms with Crippen molar-refractivity contribution in [3.8, 4) is 0 Å². The van der Waals surface area contributed by atoms with E-state index in [4.69, 9.17) is 0 Å². The van der Waals surface area contributed by atoms with Gasteiger partial charge in [-0.2, -0.15) is 0 Å². The van der Waals surface area contributed by atoms with Crippen LogP contribution in [-0.2, 0) is 6.54 Å². The number of amides is 1. The fourth-order valence-corrected chi connectivity index (χ4v) is 1.71. The molecule has 0 bridgehead atoms. The molecule has 0 aliphatic carbocycles. The maximum atomic E-state index is 11.9. The second-order valence-electron chi connectivity index (χ2n) is 4.62. The van der Waals surface area contributed by atoms with Crippen LogP contribution in [0.2, 0.25) is 0 Å². The number of nitrogens with zero attached hydrogens (tertiary/aromatic N) is 3. The van der Waals surface area contributed by atoms with Crippen molar-refractivity contribution in [2.45, 2.75) is 26.3 Å². The molecule has 0 aromatic carbocycles. The molecule has 2 aromatic heterocycles. The Bertz CT molecular complexity index is 556. The number of hydrogen-bond acceptors (Lipinski definition) is 5. The van der Waals surface area contributed by atoms with Crippen molar-refractivity contribution in [2.24, 2.45) is 0 Å². The number of hydrogen-bond donors (Lipinski definition) is 2. The molecule has 0 unspecified atom stereocenters.